The van der Waals surface area contributed by atoms with Gasteiger partial charge in [0.15, 0.2) is 0 Å². The predicted molar refractivity (Wildman–Crippen MR) is 122 cm³/mol. The number of hydrogen-bond donors (Lipinski definition) is 2. The summed E-state index contributed by atoms with van der Waals surface area (Å²) in [5.74, 6) is 0.504. The number of hydrogen-bond acceptors (Lipinski definition) is 3. The lowest BCUT2D eigenvalue weighted by Gasteiger charge is -2.28. The van der Waals surface area contributed by atoms with Gasteiger partial charge in [-0.25, -0.2) is 4.98 Å². The SMILES string of the molecule is CCc1cccc(CC)c1NC(=O)CC1CNC(=O)c2cnc(-c3ccccc3C)n21. The zero-order valence-electron chi connectivity index (χ0n) is 18.2. The zero-order chi connectivity index (χ0) is 22.0. The van der Waals surface area contributed by atoms with Crippen molar-refractivity contribution >= 4 is 17.5 Å². The first kappa shape index (κ1) is 20.8. The van der Waals surface area contributed by atoms with Crippen molar-refractivity contribution in [1.82, 2.24) is 14.9 Å². The van der Waals surface area contributed by atoms with Gasteiger partial charge in [0.05, 0.1) is 12.2 Å². The summed E-state index contributed by atoms with van der Waals surface area (Å²) in [5.41, 5.74) is 5.72. The van der Waals surface area contributed by atoms with Gasteiger partial charge in [-0.15, -0.1) is 0 Å². The number of carbonyl (C=O) groups excluding carboxylic acids is 2. The maximum absolute atomic E-state index is 13.1. The second-order valence-electron chi connectivity index (χ2n) is 7.93. The van der Waals surface area contributed by atoms with E-state index in [4.69, 9.17) is 0 Å². The molecule has 0 radical (unpaired) electrons. The zero-order valence-corrected chi connectivity index (χ0v) is 18.2. The van der Waals surface area contributed by atoms with Gasteiger partial charge in [-0.05, 0) is 36.5 Å². The summed E-state index contributed by atoms with van der Waals surface area (Å²) < 4.78 is 1.92. The number of aryl methyl sites for hydroxylation is 3. The van der Waals surface area contributed by atoms with Crippen LogP contribution in [0, 0.1) is 6.92 Å². The molecule has 1 aromatic heterocycles. The molecule has 31 heavy (non-hydrogen) atoms. The van der Waals surface area contributed by atoms with E-state index < -0.39 is 0 Å². The third-order valence-corrected chi connectivity index (χ3v) is 5.96. The Morgan fingerprint density at radius 2 is 1.84 bits per heavy atom. The Morgan fingerprint density at radius 1 is 1.13 bits per heavy atom. The van der Waals surface area contributed by atoms with Crippen LogP contribution in [-0.4, -0.2) is 27.9 Å². The number of para-hydroxylation sites is 1. The van der Waals surface area contributed by atoms with Gasteiger partial charge >= 0.3 is 0 Å². The molecule has 2 N–H and O–H groups in total. The highest BCUT2D eigenvalue weighted by atomic mass is 16.2. The maximum atomic E-state index is 13.1. The number of fused-ring (bicyclic) bond motifs is 1. The molecule has 1 unspecified atom stereocenters. The van der Waals surface area contributed by atoms with Crippen LogP contribution in [0.25, 0.3) is 11.4 Å². The molecule has 0 saturated carbocycles. The molecule has 1 aliphatic heterocycles. The highest BCUT2D eigenvalue weighted by Gasteiger charge is 2.30. The Kier molecular flexibility index (Phi) is 5.89. The van der Waals surface area contributed by atoms with E-state index in [1.807, 2.05) is 41.8 Å². The molecule has 0 spiro atoms. The van der Waals surface area contributed by atoms with Crippen LogP contribution in [-0.2, 0) is 17.6 Å². The molecule has 0 aliphatic carbocycles. The van der Waals surface area contributed by atoms with Crippen molar-refractivity contribution in [3.63, 3.8) is 0 Å². The minimum atomic E-state index is -0.205. The van der Waals surface area contributed by atoms with Gasteiger partial charge in [0, 0.05) is 24.2 Å². The molecule has 6 nitrogen and oxygen atoms in total. The fourth-order valence-corrected chi connectivity index (χ4v) is 4.28. The largest absolute Gasteiger partial charge is 0.349 e. The Bertz CT molecular complexity index is 1110. The van der Waals surface area contributed by atoms with Gasteiger partial charge in [-0.3, -0.25) is 9.59 Å². The molecular formula is C25H28N4O2. The Balaban J connectivity index is 1.64. The molecule has 2 amide bonds. The van der Waals surface area contributed by atoms with E-state index in [9.17, 15) is 9.59 Å². The summed E-state index contributed by atoms with van der Waals surface area (Å²) in [6, 6.07) is 13.9. The lowest BCUT2D eigenvalue weighted by Crippen LogP contribution is -2.40. The highest BCUT2D eigenvalue weighted by molar-refractivity contribution is 5.95. The van der Waals surface area contributed by atoms with Crippen LogP contribution in [0.2, 0.25) is 0 Å². The first-order valence-corrected chi connectivity index (χ1v) is 10.9. The summed E-state index contributed by atoms with van der Waals surface area (Å²) in [7, 11) is 0. The molecular weight excluding hydrogens is 388 g/mol. The molecule has 160 valence electrons. The monoisotopic (exact) mass is 416 g/mol. The summed E-state index contributed by atoms with van der Waals surface area (Å²) >= 11 is 0. The van der Waals surface area contributed by atoms with Crippen LogP contribution in [0.15, 0.2) is 48.7 Å². The smallest absolute Gasteiger partial charge is 0.269 e. The number of rotatable bonds is 6. The summed E-state index contributed by atoms with van der Waals surface area (Å²) in [6.07, 6.45) is 3.56. The fourth-order valence-electron chi connectivity index (χ4n) is 4.28. The first-order chi connectivity index (χ1) is 15.0. The number of anilines is 1. The minimum Gasteiger partial charge on any atom is -0.349 e. The first-order valence-electron chi connectivity index (χ1n) is 10.9. The summed E-state index contributed by atoms with van der Waals surface area (Å²) in [5, 5.41) is 6.05. The number of nitrogens with one attached hydrogen (secondary N) is 2. The minimum absolute atomic E-state index is 0.0628. The average molecular weight is 417 g/mol. The number of imidazole rings is 1. The van der Waals surface area contributed by atoms with Gasteiger partial charge in [0.25, 0.3) is 5.91 Å². The van der Waals surface area contributed by atoms with E-state index in [0.717, 1.165) is 46.6 Å². The Morgan fingerprint density at radius 3 is 2.52 bits per heavy atom. The van der Waals surface area contributed by atoms with Crippen LogP contribution >= 0.6 is 0 Å². The molecule has 4 rings (SSSR count). The van der Waals surface area contributed by atoms with Crippen molar-refractivity contribution in [2.24, 2.45) is 0 Å². The number of carbonyl (C=O) groups is 2. The predicted octanol–water partition coefficient (Wildman–Crippen LogP) is 4.30. The lowest BCUT2D eigenvalue weighted by molar-refractivity contribution is -0.117. The van der Waals surface area contributed by atoms with E-state index in [0.29, 0.717) is 12.2 Å². The highest BCUT2D eigenvalue weighted by Crippen LogP contribution is 2.30. The van der Waals surface area contributed by atoms with Crippen LogP contribution in [0.5, 0.6) is 0 Å². The van der Waals surface area contributed by atoms with Gasteiger partial charge in [0.2, 0.25) is 5.91 Å². The van der Waals surface area contributed by atoms with Crippen molar-refractivity contribution in [3.05, 3.63) is 71.0 Å². The molecule has 1 aliphatic rings. The quantitative estimate of drug-likeness (QED) is 0.629. The normalized spacial score (nSPS) is 15.3. The van der Waals surface area contributed by atoms with Crippen LogP contribution in [0.3, 0.4) is 0 Å². The van der Waals surface area contributed by atoms with Crippen LogP contribution in [0.1, 0.15) is 53.5 Å². The Labute approximate surface area is 182 Å². The Hall–Kier alpha value is -3.41. The molecule has 0 saturated heterocycles. The van der Waals surface area contributed by atoms with E-state index in [1.165, 1.54) is 0 Å². The third kappa shape index (κ3) is 3.98. The van der Waals surface area contributed by atoms with Gasteiger partial charge in [-0.1, -0.05) is 56.3 Å². The van der Waals surface area contributed by atoms with E-state index >= 15 is 0 Å². The average Bonchev–Trinajstić information content (AvgIpc) is 3.22. The van der Waals surface area contributed by atoms with Crippen molar-refractivity contribution < 1.29 is 9.59 Å². The topological polar surface area (TPSA) is 76.0 Å². The molecule has 2 heterocycles. The number of nitrogens with zero attached hydrogens (tertiary/aromatic N) is 2. The maximum Gasteiger partial charge on any atom is 0.269 e. The molecule has 0 bridgehead atoms. The van der Waals surface area contributed by atoms with Gasteiger partial charge in [-0.2, -0.15) is 0 Å². The number of benzene rings is 2. The molecule has 2 aromatic carbocycles. The number of aromatic nitrogens is 2. The van der Waals surface area contributed by atoms with E-state index in [-0.39, 0.29) is 24.3 Å². The molecule has 0 fully saturated rings. The fraction of sp³-hybridized carbons (Fsp3) is 0.320. The van der Waals surface area contributed by atoms with Crippen LogP contribution < -0.4 is 10.6 Å². The summed E-state index contributed by atoms with van der Waals surface area (Å²) in [4.78, 5) is 30.1. The van der Waals surface area contributed by atoms with E-state index in [1.54, 1.807) is 6.20 Å². The second-order valence-corrected chi connectivity index (χ2v) is 7.93. The van der Waals surface area contributed by atoms with E-state index in [2.05, 4.69) is 41.6 Å². The molecule has 6 heteroatoms. The third-order valence-electron chi connectivity index (χ3n) is 5.96. The standard InChI is InChI=1S/C25H28N4O2/c1-4-17-10-8-11-18(5-2)23(17)28-22(30)13-19-14-27-25(31)21-15-26-24(29(19)21)20-12-7-6-9-16(20)3/h6-12,15,19H,4-5,13-14H2,1-3H3,(H,27,31)(H,28,30). The second kappa shape index (κ2) is 8.76. The van der Waals surface area contributed by atoms with Gasteiger partial charge in [0.1, 0.15) is 11.5 Å². The number of amides is 2. The molecule has 3 aromatic rings. The van der Waals surface area contributed by atoms with Crippen molar-refractivity contribution in [2.45, 2.75) is 46.1 Å². The summed E-state index contributed by atoms with van der Waals surface area (Å²) in [6.45, 7) is 6.60. The van der Waals surface area contributed by atoms with Crippen molar-refractivity contribution in [3.8, 4) is 11.4 Å². The molecule has 1 atom stereocenters. The van der Waals surface area contributed by atoms with Crippen molar-refractivity contribution in [2.75, 3.05) is 11.9 Å². The lowest BCUT2D eigenvalue weighted by atomic mass is 10.0. The van der Waals surface area contributed by atoms with Crippen molar-refractivity contribution in [1.29, 1.82) is 0 Å². The van der Waals surface area contributed by atoms with Crippen LogP contribution in [0.4, 0.5) is 5.69 Å². The van der Waals surface area contributed by atoms with Gasteiger partial charge < -0.3 is 15.2 Å².